The van der Waals surface area contributed by atoms with E-state index < -0.39 is 6.67 Å². The van der Waals surface area contributed by atoms with Gasteiger partial charge in [-0.1, -0.05) is 92.2 Å². The molecule has 0 spiro atoms. The highest BCUT2D eigenvalue weighted by atomic mass is 19.1. The summed E-state index contributed by atoms with van der Waals surface area (Å²) in [5.74, 6) is 0.533. The van der Waals surface area contributed by atoms with Crippen LogP contribution in [-0.4, -0.2) is 29.8 Å². The minimum Gasteiger partial charge on any atom is -0.293 e. The number of nitrogens with one attached hydrogen (secondary N) is 1. The standard InChI is InChI=1S/C29H29FN6O/c1-2-8-26-27(19-30)35(18-17-21-9-4-3-5-10-21)29(37)36(26)20-22-13-15-23(16-14-22)24-11-6-7-12-25(24)28-31-33-34-32-28/h3-7,9-16H,2,8,17-20H2,1H3,(H,31,32,33,34). The number of H-pyrrole nitrogens is 1. The molecule has 0 amide bonds. The molecule has 2 aromatic heterocycles. The SMILES string of the molecule is CCCc1c(CF)n(CCc2ccccc2)c(=O)n1Cc1ccc(-c2ccccc2-c2nn[nH]n2)cc1. The Kier molecular flexibility index (Phi) is 7.35. The molecule has 5 aromatic rings. The Hall–Kier alpha value is -4.33. The van der Waals surface area contributed by atoms with Crippen LogP contribution in [0.25, 0.3) is 22.5 Å². The van der Waals surface area contributed by atoms with Gasteiger partial charge in [-0.3, -0.25) is 9.13 Å². The van der Waals surface area contributed by atoms with E-state index in [1.54, 1.807) is 9.13 Å². The minimum atomic E-state index is -0.655. The van der Waals surface area contributed by atoms with Crippen molar-refractivity contribution in [2.24, 2.45) is 0 Å². The lowest BCUT2D eigenvalue weighted by atomic mass is 9.98. The van der Waals surface area contributed by atoms with Gasteiger partial charge in [-0.05, 0) is 40.3 Å². The molecule has 3 aromatic carbocycles. The van der Waals surface area contributed by atoms with E-state index in [2.05, 4.69) is 20.6 Å². The Labute approximate surface area is 214 Å². The maximum absolute atomic E-state index is 14.2. The summed E-state index contributed by atoms with van der Waals surface area (Å²) in [4.78, 5) is 13.5. The number of aromatic amines is 1. The van der Waals surface area contributed by atoms with Crippen LogP contribution in [0.5, 0.6) is 0 Å². The van der Waals surface area contributed by atoms with E-state index in [4.69, 9.17) is 0 Å². The molecule has 2 heterocycles. The van der Waals surface area contributed by atoms with Gasteiger partial charge in [0.1, 0.15) is 6.67 Å². The largest absolute Gasteiger partial charge is 0.328 e. The molecule has 0 fully saturated rings. The third kappa shape index (κ3) is 5.14. The van der Waals surface area contributed by atoms with Crippen molar-refractivity contribution in [1.29, 1.82) is 0 Å². The summed E-state index contributed by atoms with van der Waals surface area (Å²) in [7, 11) is 0. The molecule has 7 nitrogen and oxygen atoms in total. The van der Waals surface area contributed by atoms with Crippen molar-refractivity contribution in [1.82, 2.24) is 29.8 Å². The number of hydrogen-bond donors (Lipinski definition) is 1. The van der Waals surface area contributed by atoms with Crippen molar-refractivity contribution in [3.8, 4) is 22.5 Å². The maximum Gasteiger partial charge on any atom is 0.328 e. The molecule has 1 N–H and O–H groups in total. The zero-order chi connectivity index (χ0) is 25.6. The number of aromatic nitrogens is 6. The molecule has 0 aliphatic carbocycles. The van der Waals surface area contributed by atoms with E-state index >= 15 is 0 Å². The second-order valence-corrected chi connectivity index (χ2v) is 9.01. The highest BCUT2D eigenvalue weighted by Crippen LogP contribution is 2.30. The van der Waals surface area contributed by atoms with Gasteiger partial charge in [-0.15, -0.1) is 10.2 Å². The van der Waals surface area contributed by atoms with Gasteiger partial charge < -0.3 is 0 Å². The minimum absolute atomic E-state index is 0.154. The lowest BCUT2D eigenvalue weighted by molar-refractivity contribution is 0.450. The molecule has 0 bridgehead atoms. The molecule has 0 aliphatic rings. The number of hydrogen-bond acceptors (Lipinski definition) is 4. The average Bonchev–Trinajstić information content (AvgIpc) is 3.56. The number of nitrogens with zero attached hydrogens (tertiary/aromatic N) is 5. The van der Waals surface area contributed by atoms with Gasteiger partial charge in [0, 0.05) is 17.8 Å². The maximum atomic E-state index is 14.2. The fourth-order valence-corrected chi connectivity index (χ4v) is 4.81. The second-order valence-electron chi connectivity index (χ2n) is 9.01. The van der Waals surface area contributed by atoms with Crippen molar-refractivity contribution in [3.63, 3.8) is 0 Å². The van der Waals surface area contributed by atoms with Gasteiger partial charge in [-0.25, -0.2) is 9.18 Å². The molecular weight excluding hydrogens is 467 g/mol. The van der Waals surface area contributed by atoms with Crippen molar-refractivity contribution in [2.75, 3.05) is 0 Å². The Bertz CT molecular complexity index is 1500. The summed E-state index contributed by atoms with van der Waals surface area (Å²) in [6.45, 7) is 2.25. The van der Waals surface area contributed by atoms with Crippen LogP contribution >= 0.6 is 0 Å². The van der Waals surface area contributed by atoms with E-state index in [0.717, 1.165) is 39.9 Å². The fourth-order valence-electron chi connectivity index (χ4n) is 4.81. The summed E-state index contributed by atoms with van der Waals surface area (Å²) >= 11 is 0. The zero-order valence-electron chi connectivity index (χ0n) is 20.8. The third-order valence-electron chi connectivity index (χ3n) is 6.65. The number of imidazole rings is 1. The predicted octanol–water partition coefficient (Wildman–Crippen LogP) is 5.21. The molecule has 188 valence electrons. The van der Waals surface area contributed by atoms with Crippen LogP contribution in [0.15, 0.2) is 83.7 Å². The first-order chi connectivity index (χ1) is 18.2. The van der Waals surface area contributed by atoms with Crippen LogP contribution < -0.4 is 5.69 Å². The van der Waals surface area contributed by atoms with Crippen molar-refractivity contribution in [3.05, 3.63) is 112 Å². The normalized spacial score (nSPS) is 11.2. The van der Waals surface area contributed by atoms with Gasteiger partial charge >= 0.3 is 5.69 Å². The van der Waals surface area contributed by atoms with Crippen LogP contribution in [0, 0.1) is 0 Å². The summed E-state index contributed by atoms with van der Waals surface area (Å²) in [6.07, 6.45) is 2.17. The first-order valence-electron chi connectivity index (χ1n) is 12.5. The fraction of sp³-hybridized carbons (Fsp3) is 0.241. The summed E-state index contributed by atoms with van der Waals surface area (Å²) in [6, 6.07) is 26.0. The zero-order valence-corrected chi connectivity index (χ0v) is 20.8. The van der Waals surface area contributed by atoms with Crippen molar-refractivity contribution in [2.45, 2.75) is 46.0 Å². The number of aryl methyl sites for hydroxylation is 1. The molecule has 8 heteroatoms. The van der Waals surface area contributed by atoms with E-state index in [1.165, 1.54) is 0 Å². The second kappa shape index (κ2) is 11.2. The number of rotatable bonds is 10. The van der Waals surface area contributed by atoms with Gasteiger partial charge in [0.25, 0.3) is 0 Å². The average molecular weight is 497 g/mol. The Morgan fingerprint density at radius 1 is 0.811 bits per heavy atom. The molecule has 0 atom stereocenters. The molecule has 37 heavy (non-hydrogen) atoms. The van der Waals surface area contributed by atoms with Crippen LogP contribution in [-0.2, 0) is 32.6 Å². The van der Waals surface area contributed by atoms with Gasteiger partial charge in [-0.2, -0.15) is 5.21 Å². The Balaban J connectivity index is 1.43. The van der Waals surface area contributed by atoms with Crippen LogP contribution in [0.4, 0.5) is 4.39 Å². The first kappa shape index (κ1) is 24.4. The Morgan fingerprint density at radius 3 is 2.22 bits per heavy atom. The lowest BCUT2D eigenvalue weighted by Crippen LogP contribution is -2.26. The smallest absolute Gasteiger partial charge is 0.293 e. The van der Waals surface area contributed by atoms with Gasteiger partial charge in [0.05, 0.1) is 12.2 Å². The summed E-state index contributed by atoms with van der Waals surface area (Å²) in [5, 5.41) is 14.4. The molecule has 5 rings (SSSR count). The lowest BCUT2D eigenvalue weighted by Gasteiger charge is -2.10. The predicted molar refractivity (Wildman–Crippen MR) is 142 cm³/mol. The molecular formula is C29H29FN6O. The number of tetrazole rings is 1. The molecule has 0 aliphatic heterocycles. The number of alkyl halides is 1. The number of halogens is 1. The highest BCUT2D eigenvalue weighted by molar-refractivity contribution is 5.80. The quantitative estimate of drug-likeness (QED) is 0.288. The number of benzene rings is 3. The van der Waals surface area contributed by atoms with Crippen LogP contribution in [0.1, 0.15) is 35.9 Å². The molecule has 0 saturated heterocycles. The van der Waals surface area contributed by atoms with Crippen LogP contribution in [0.3, 0.4) is 0 Å². The van der Waals surface area contributed by atoms with E-state index in [-0.39, 0.29) is 5.69 Å². The van der Waals surface area contributed by atoms with Gasteiger partial charge in [0.2, 0.25) is 5.82 Å². The third-order valence-corrected chi connectivity index (χ3v) is 6.65. The monoisotopic (exact) mass is 496 g/mol. The van der Waals surface area contributed by atoms with Gasteiger partial charge in [0.15, 0.2) is 0 Å². The first-order valence-corrected chi connectivity index (χ1v) is 12.5. The summed E-state index contributed by atoms with van der Waals surface area (Å²) < 4.78 is 17.6. The van der Waals surface area contributed by atoms with E-state index in [0.29, 0.717) is 37.4 Å². The molecule has 0 unspecified atom stereocenters. The highest BCUT2D eigenvalue weighted by Gasteiger charge is 2.19. The van der Waals surface area contributed by atoms with E-state index in [9.17, 15) is 9.18 Å². The summed E-state index contributed by atoms with van der Waals surface area (Å²) in [5.41, 5.74) is 6.11. The van der Waals surface area contributed by atoms with E-state index in [1.807, 2.05) is 85.8 Å². The van der Waals surface area contributed by atoms with Crippen molar-refractivity contribution < 1.29 is 4.39 Å². The molecule has 0 radical (unpaired) electrons. The van der Waals surface area contributed by atoms with Crippen molar-refractivity contribution >= 4 is 0 Å². The Morgan fingerprint density at radius 2 is 1.54 bits per heavy atom. The van der Waals surface area contributed by atoms with Crippen LogP contribution in [0.2, 0.25) is 0 Å². The molecule has 0 saturated carbocycles. The topological polar surface area (TPSA) is 81.4 Å².